The Morgan fingerprint density at radius 3 is 2.55 bits per heavy atom. The van der Waals surface area contributed by atoms with Gasteiger partial charge in [0, 0.05) is 44.0 Å². The van der Waals surface area contributed by atoms with Crippen LogP contribution in [0.3, 0.4) is 0 Å². The summed E-state index contributed by atoms with van der Waals surface area (Å²) in [7, 11) is 1.51. The molecule has 2 aliphatic rings. The number of carbonyl (C=O) groups excluding carboxylic acids is 3. The van der Waals surface area contributed by atoms with Crippen LogP contribution in [0.25, 0.3) is 0 Å². The highest BCUT2D eigenvalue weighted by atomic mass is 16.5. The summed E-state index contributed by atoms with van der Waals surface area (Å²) in [6.07, 6.45) is 3.19. The molecule has 29 heavy (non-hydrogen) atoms. The molecule has 0 atom stereocenters. The summed E-state index contributed by atoms with van der Waals surface area (Å²) in [5.41, 5.74) is -0.322. The molecule has 0 aromatic carbocycles. The van der Waals surface area contributed by atoms with Gasteiger partial charge in [-0.2, -0.15) is 0 Å². The number of hydrogen-bond acceptors (Lipinski definition) is 5. The van der Waals surface area contributed by atoms with Crippen LogP contribution in [0.15, 0.2) is 18.3 Å². The molecule has 1 aromatic heterocycles. The average Bonchev–Trinajstić information content (AvgIpc) is 2.90. The van der Waals surface area contributed by atoms with Gasteiger partial charge in [-0.05, 0) is 31.2 Å². The Kier molecular flexibility index (Phi) is 6.10. The van der Waals surface area contributed by atoms with Crippen LogP contribution < -0.4 is 4.74 Å². The van der Waals surface area contributed by atoms with Crippen molar-refractivity contribution >= 4 is 17.8 Å². The van der Waals surface area contributed by atoms with E-state index in [4.69, 9.17) is 4.74 Å². The van der Waals surface area contributed by atoms with Gasteiger partial charge in [-0.3, -0.25) is 14.5 Å². The molecule has 2 aliphatic heterocycles. The van der Waals surface area contributed by atoms with Gasteiger partial charge in [0.1, 0.15) is 5.54 Å². The van der Waals surface area contributed by atoms with Gasteiger partial charge >= 0.3 is 6.03 Å². The zero-order chi connectivity index (χ0) is 21.2. The van der Waals surface area contributed by atoms with E-state index in [-0.39, 0.29) is 23.8 Å². The molecule has 3 rings (SSSR count). The number of nitrogens with zero attached hydrogens (tertiary/aromatic N) is 4. The van der Waals surface area contributed by atoms with Crippen molar-refractivity contribution in [2.75, 3.05) is 33.3 Å². The fourth-order valence-electron chi connectivity index (χ4n) is 4.22. The van der Waals surface area contributed by atoms with Crippen molar-refractivity contribution in [3.8, 4) is 5.88 Å². The molecule has 2 saturated heterocycles. The van der Waals surface area contributed by atoms with Gasteiger partial charge in [0.25, 0.3) is 11.8 Å². The molecule has 1 aromatic rings. The number of rotatable bonds is 6. The number of piperidine rings is 1. The lowest BCUT2D eigenvalue weighted by atomic mass is 9.85. The van der Waals surface area contributed by atoms with E-state index in [1.165, 1.54) is 12.0 Å². The van der Waals surface area contributed by atoms with Crippen LogP contribution in [0.4, 0.5) is 4.79 Å². The number of urea groups is 1. The SMILES string of the molecule is CCCN1C(=O)N(CC(C)C)C2(CCN(C(=O)c3ccnc(OC)c3)CC2)C1=O. The standard InChI is InChI=1S/C21H30N4O4/c1-5-10-24-19(27)21(25(20(24)28)14-15(2)3)7-11-23(12-8-21)18(26)16-6-9-22-17(13-16)29-4/h6,9,13,15H,5,7-8,10-12,14H2,1-4H3. The molecular weight excluding hydrogens is 372 g/mol. The highest BCUT2D eigenvalue weighted by Gasteiger charge is 2.57. The maximum absolute atomic E-state index is 13.2. The molecular formula is C21H30N4O4. The number of hydrogen-bond donors (Lipinski definition) is 0. The van der Waals surface area contributed by atoms with E-state index in [2.05, 4.69) is 4.98 Å². The van der Waals surface area contributed by atoms with Gasteiger partial charge in [-0.15, -0.1) is 0 Å². The maximum Gasteiger partial charge on any atom is 0.327 e. The summed E-state index contributed by atoms with van der Waals surface area (Å²) in [6.45, 7) is 7.89. The number of aromatic nitrogens is 1. The van der Waals surface area contributed by atoms with E-state index in [0.717, 1.165) is 6.42 Å². The summed E-state index contributed by atoms with van der Waals surface area (Å²) in [6, 6.07) is 3.09. The first kappa shape index (κ1) is 21.1. The van der Waals surface area contributed by atoms with E-state index >= 15 is 0 Å². The van der Waals surface area contributed by atoms with E-state index in [9.17, 15) is 14.4 Å². The summed E-state index contributed by atoms with van der Waals surface area (Å²) in [5.74, 6) is 0.425. The van der Waals surface area contributed by atoms with Crippen LogP contribution in [-0.4, -0.2) is 76.4 Å². The van der Waals surface area contributed by atoms with Crippen molar-refractivity contribution in [3.05, 3.63) is 23.9 Å². The highest BCUT2D eigenvalue weighted by molar-refractivity contribution is 6.07. The number of amides is 4. The molecule has 0 N–H and O–H groups in total. The molecule has 0 aliphatic carbocycles. The number of pyridine rings is 1. The van der Waals surface area contributed by atoms with Crippen LogP contribution in [-0.2, 0) is 4.79 Å². The largest absolute Gasteiger partial charge is 0.481 e. The highest BCUT2D eigenvalue weighted by Crippen LogP contribution is 2.38. The number of likely N-dealkylation sites (tertiary alicyclic amines) is 1. The van der Waals surface area contributed by atoms with E-state index in [1.807, 2.05) is 20.8 Å². The predicted molar refractivity (Wildman–Crippen MR) is 108 cm³/mol. The zero-order valence-corrected chi connectivity index (χ0v) is 17.7. The molecule has 0 unspecified atom stereocenters. The number of ether oxygens (including phenoxy) is 1. The predicted octanol–water partition coefficient (Wildman–Crippen LogP) is 2.40. The molecule has 8 nitrogen and oxygen atoms in total. The van der Waals surface area contributed by atoms with Crippen molar-refractivity contribution in [2.45, 2.75) is 45.6 Å². The van der Waals surface area contributed by atoms with E-state index in [0.29, 0.717) is 50.5 Å². The third-order valence-electron chi connectivity index (χ3n) is 5.69. The van der Waals surface area contributed by atoms with Crippen LogP contribution in [0.5, 0.6) is 5.88 Å². The first-order valence-corrected chi connectivity index (χ1v) is 10.3. The van der Waals surface area contributed by atoms with Crippen molar-refractivity contribution in [1.82, 2.24) is 19.7 Å². The Bertz CT molecular complexity index is 787. The minimum atomic E-state index is -0.830. The van der Waals surface area contributed by atoms with Crippen LogP contribution in [0.1, 0.15) is 50.4 Å². The quantitative estimate of drug-likeness (QED) is 0.683. The van der Waals surface area contributed by atoms with E-state index in [1.54, 1.807) is 28.1 Å². The zero-order valence-electron chi connectivity index (χ0n) is 17.7. The van der Waals surface area contributed by atoms with E-state index < -0.39 is 5.54 Å². The number of carbonyl (C=O) groups is 3. The molecule has 8 heteroatoms. The first-order chi connectivity index (χ1) is 13.8. The Hall–Kier alpha value is -2.64. The minimum Gasteiger partial charge on any atom is -0.481 e. The van der Waals surface area contributed by atoms with Crippen molar-refractivity contribution in [2.24, 2.45) is 5.92 Å². The molecule has 0 bridgehead atoms. The third kappa shape index (κ3) is 3.80. The summed E-state index contributed by atoms with van der Waals surface area (Å²) >= 11 is 0. The Labute approximate surface area is 171 Å². The maximum atomic E-state index is 13.2. The van der Waals surface area contributed by atoms with Crippen LogP contribution in [0.2, 0.25) is 0 Å². The number of imide groups is 1. The van der Waals surface area contributed by atoms with Crippen molar-refractivity contribution in [1.29, 1.82) is 0 Å². The summed E-state index contributed by atoms with van der Waals surface area (Å²) in [5, 5.41) is 0. The molecule has 158 valence electrons. The lowest BCUT2D eigenvalue weighted by Crippen LogP contribution is -2.58. The van der Waals surface area contributed by atoms with Crippen molar-refractivity contribution in [3.63, 3.8) is 0 Å². The molecule has 0 saturated carbocycles. The second kappa shape index (κ2) is 8.39. The Morgan fingerprint density at radius 2 is 1.97 bits per heavy atom. The van der Waals surface area contributed by atoms with Gasteiger partial charge in [-0.25, -0.2) is 9.78 Å². The van der Waals surface area contributed by atoms with Crippen molar-refractivity contribution < 1.29 is 19.1 Å². The fraction of sp³-hybridized carbons (Fsp3) is 0.619. The number of methoxy groups -OCH3 is 1. The Balaban J connectivity index is 1.79. The molecule has 0 radical (unpaired) electrons. The average molecular weight is 402 g/mol. The smallest absolute Gasteiger partial charge is 0.327 e. The second-order valence-electron chi connectivity index (χ2n) is 8.15. The molecule has 1 spiro atoms. The van der Waals surface area contributed by atoms with Crippen LogP contribution >= 0.6 is 0 Å². The van der Waals surface area contributed by atoms with Gasteiger partial charge < -0.3 is 14.5 Å². The van der Waals surface area contributed by atoms with Gasteiger partial charge in [0.2, 0.25) is 5.88 Å². The normalized spacial score (nSPS) is 18.9. The van der Waals surface area contributed by atoms with Gasteiger partial charge in [0.05, 0.1) is 7.11 Å². The lowest BCUT2D eigenvalue weighted by Gasteiger charge is -2.42. The fourth-order valence-corrected chi connectivity index (χ4v) is 4.22. The third-order valence-corrected chi connectivity index (χ3v) is 5.69. The first-order valence-electron chi connectivity index (χ1n) is 10.3. The topological polar surface area (TPSA) is 83.1 Å². The summed E-state index contributed by atoms with van der Waals surface area (Å²) < 4.78 is 5.10. The molecule has 3 heterocycles. The summed E-state index contributed by atoms with van der Waals surface area (Å²) in [4.78, 5) is 48.0. The van der Waals surface area contributed by atoms with Gasteiger partial charge in [-0.1, -0.05) is 20.8 Å². The lowest BCUT2D eigenvalue weighted by molar-refractivity contribution is -0.135. The molecule has 2 fully saturated rings. The van der Waals surface area contributed by atoms with Crippen LogP contribution in [0, 0.1) is 5.92 Å². The Morgan fingerprint density at radius 1 is 1.28 bits per heavy atom. The monoisotopic (exact) mass is 402 g/mol. The minimum absolute atomic E-state index is 0.109. The van der Waals surface area contributed by atoms with Gasteiger partial charge in [0.15, 0.2) is 0 Å². The second-order valence-corrected chi connectivity index (χ2v) is 8.15. The molecule has 4 amide bonds.